The average molecular weight is 411 g/mol. The van der Waals surface area contributed by atoms with Gasteiger partial charge >= 0.3 is 11.9 Å². The van der Waals surface area contributed by atoms with Crippen LogP contribution in [-0.4, -0.2) is 58.4 Å². The Hall–Kier alpha value is -1.66. The second-order valence-electron chi connectivity index (χ2n) is 11.4. The van der Waals surface area contributed by atoms with Gasteiger partial charge in [-0.2, -0.15) is 0 Å². The van der Waals surface area contributed by atoms with E-state index in [1.807, 2.05) is 6.92 Å². The van der Waals surface area contributed by atoms with Crippen LogP contribution in [0, 0.1) is 34.0 Å². The summed E-state index contributed by atoms with van der Waals surface area (Å²) < 4.78 is 12.0. The van der Waals surface area contributed by atoms with Gasteiger partial charge in [-0.15, -0.1) is 0 Å². The number of hydrogen-bond donors (Lipinski definition) is 1. The highest BCUT2D eigenvalue weighted by molar-refractivity contribution is 5.68. The van der Waals surface area contributed by atoms with E-state index in [2.05, 4.69) is 30.1 Å². The Morgan fingerprint density at radius 2 is 1.93 bits per heavy atom. The van der Waals surface area contributed by atoms with E-state index in [0.717, 1.165) is 25.0 Å². The Bertz CT molecular complexity index is 988. The third kappa shape index (κ3) is 1.44. The molecule has 6 aliphatic carbocycles. The monoisotopic (exact) mass is 411 g/mol. The number of rotatable bonds is 2. The van der Waals surface area contributed by atoms with Crippen molar-refractivity contribution in [1.29, 1.82) is 0 Å². The van der Waals surface area contributed by atoms with E-state index in [1.165, 1.54) is 13.8 Å². The SMILES string of the molecule is CC(=O)O[C@@H]1C2C(C)=CC34CC5C6C7(CC=C[C@@]6(C)CN5C7[C@]3(O)[C@H]2OC(C)=O)C14. The number of piperidine rings is 2. The molecule has 1 N–H and O–H groups in total. The molecule has 6 nitrogen and oxygen atoms in total. The summed E-state index contributed by atoms with van der Waals surface area (Å²) in [5.74, 6) is -0.472. The van der Waals surface area contributed by atoms with E-state index in [-0.39, 0.29) is 46.8 Å². The summed E-state index contributed by atoms with van der Waals surface area (Å²) in [6, 6.07) is 0.365. The molecule has 0 aromatic heterocycles. The number of carbonyl (C=O) groups is 2. The van der Waals surface area contributed by atoms with E-state index in [9.17, 15) is 14.7 Å². The highest BCUT2D eigenvalue weighted by Crippen LogP contribution is 2.86. The van der Waals surface area contributed by atoms with Crippen molar-refractivity contribution in [2.24, 2.45) is 34.0 Å². The normalized spacial score (nSPS) is 62.0. The van der Waals surface area contributed by atoms with Gasteiger partial charge in [0.25, 0.3) is 0 Å². The van der Waals surface area contributed by atoms with Gasteiger partial charge in [0.15, 0.2) is 0 Å². The molecule has 3 saturated carbocycles. The fourth-order valence-electron chi connectivity index (χ4n) is 10.5. The van der Waals surface area contributed by atoms with E-state index in [4.69, 9.17) is 9.47 Å². The van der Waals surface area contributed by atoms with Crippen molar-refractivity contribution in [2.75, 3.05) is 6.54 Å². The Balaban J connectivity index is 1.54. The van der Waals surface area contributed by atoms with Crippen molar-refractivity contribution in [3.8, 4) is 0 Å². The molecule has 2 spiro atoms. The molecule has 30 heavy (non-hydrogen) atoms. The molecule has 160 valence electrons. The zero-order chi connectivity index (χ0) is 21.0. The summed E-state index contributed by atoms with van der Waals surface area (Å²) in [5.41, 5.74) is -0.621. The van der Waals surface area contributed by atoms with E-state index < -0.39 is 17.1 Å². The first-order valence-electron chi connectivity index (χ1n) is 11.3. The van der Waals surface area contributed by atoms with Gasteiger partial charge in [0.05, 0.1) is 5.92 Å². The molecule has 0 aromatic rings. The maximum absolute atomic E-state index is 12.6. The van der Waals surface area contributed by atoms with Crippen LogP contribution in [0.25, 0.3) is 0 Å². The molecule has 0 radical (unpaired) electrons. The van der Waals surface area contributed by atoms with Crippen molar-refractivity contribution in [1.82, 2.24) is 4.90 Å². The van der Waals surface area contributed by atoms with Crippen LogP contribution < -0.4 is 0 Å². The largest absolute Gasteiger partial charge is 0.461 e. The molecule has 3 saturated heterocycles. The maximum atomic E-state index is 12.6. The van der Waals surface area contributed by atoms with Crippen LogP contribution in [0.3, 0.4) is 0 Å². The van der Waals surface area contributed by atoms with Gasteiger partial charge in [0.1, 0.15) is 17.8 Å². The van der Waals surface area contributed by atoms with Crippen molar-refractivity contribution < 1.29 is 24.2 Å². The molecule has 6 fully saturated rings. The Kier molecular flexibility index (Phi) is 2.83. The minimum Gasteiger partial charge on any atom is -0.461 e. The van der Waals surface area contributed by atoms with Crippen molar-refractivity contribution in [3.05, 3.63) is 23.8 Å². The Labute approximate surface area is 176 Å². The van der Waals surface area contributed by atoms with Crippen LogP contribution >= 0.6 is 0 Å². The zero-order valence-electron chi connectivity index (χ0n) is 17.9. The minimum atomic E-state index is -1.14. The van der Waals surface area contributed by atoms with Crippen molar-refractivity contribution in [2.45, 2.75) is 70.4 Å². The minimum absolute atomic E-state index is 0.0558. The second kappa shape index (κ2) is 4.73. The van der Waals surface area contributed by atoms with E-state index in [1.54, 1.807) is 0 Å². The quantitative estimate of drug-likeness (QED) is 0.552. The number of nitrogens with zero attached hydrogens (tertiary/aromatic N) is 1. The van der Waals surface area contributed by atoms with Crippen LogP contribution in [0.5, 0.6) is 0 Å². The van der Waals surface area contributed by atoms with Crippen LogP contribution in [0.4, 0.5) is 0 Å². The molecule has 3 aliphatic heterocycles. The molecule has 0 aromatic carbocycles. The predicted molar refractivity (Wildman–Crippen MR) is 106 cm³/mol. The first-order valence-corrected chi connectivity index (χ1v) is 11.3. The first kappa shape index (κ1) is 18.0. The maximum Gasteiger partial charge on any atom is 0.303 e. The molecule has 6 heteroatoms. The third-order valence-electron chi connectivity index (χ3n) is 10.3. The second-order valence-corrected chi connectivity index (χ2v) is 11.4. The predicted octanol–water partition coefficient (Wildman–Crippen LogP) is 1.83. The highest BCUT2D eigenvalue weighted by Gasteiger charge is 2.94. The lowest BCUT2D eigenvalue weighted by molar-refractivity contribution is -0.263. The molecule has 0 amide bonds. The number of allylic oxidation sites excluding steroid dienone is 1. The van der Waals surface area contributed by atoms with Crippen molar-refractivity contribution in [3.63, 3.8) is 0 Å². The van der Waals surface area contributed by atoms with Gasteiger partial charge in [-0.25, -0.2) is 0 Å². The topological polar surface area (TPSA) is 76.1 Å². The van der Waals surface area contributed by atoms with E-state index in [0.29, 0.717) is 12.0 Å². The average Bonchev–Trinajstić information content (AvgIpc) is 3.04. The summed E-state index contributed by atoms with van der Waals surface area (Å²) in [5, 5.41) is 12.6. The van der Waals surface area contributed by atoms with Gasteiger partial charge in [0, 0.05) is 54.6 Å². The molecular weight excluding hydrogens is 382 g/mol. The highest BCUT2D eigenvalue weighted by atomic mass is 16.6. The number of hydrogen-bond acceptors (Lipinski definition) is 6. The fourth-order valence-corrected chi connectivity index (χ4v) is 10.5. The zero-order valence-corrected chi connectivity index (χ0v) is 17.9. The van der Waals surface area contributed by atoms with Crippen LogP contribution in [0.2, 0.25) is 0 Å². The summed E-state index contributed by atoms with van der Waals surface area (Å²) >= 11 is 0. The summed E-state index contributed by atoms with van der Waals surface area (Å²) in [6.45, 7) is 8.22. The smallest absolute Gasteiger partial charge is 0.303 e. The Morgan fingerprint density at radius 1 is 1.20 bits per heavy atom. The van der Waals surface area contributed by atoms with Crippen molar-refractivity contribution >= 4 is 11.9 Å². The third-order valence-corrected chi connectivity index (χ3v) is 10.3. The number of aliphatic hydroxyl groups is 1. The standard InChI is InChI=1S/C24H29NO5/c1-11-8-22-9-14-17-21(4)6-5-7-23(17)18(22)16(29-12(2)26)15(11)19(30-13(3)27)24(22,28)20(23)25(14)10-21/h5-6,8,14-20,28H,7,9-10H2,1-4H3/t14?,15?,16-,17?,18?,19+,20?,21+,22?,23?,24-/m1/s1. The number of esters is 2. The van der Waals surface area contributed by atoms with Gasteiger partial charge < -0.3 is 14.6 Å². The number of ether oxygens (including phenoxy) is 2. The van der Waals surface area contributed by atoms with Gasteiger partial charge in [0.2, 0.25) is 0 Å². The molecule has 9 aliphatic rings. The molecule has 9 bridgehead atoms. The summed E-state index contributed by atoms with van der Waals surface area (Å²) in [7, 11) is 0. The lowest BCUT2D eigenvalue weighted by atomic mass is 9.41. The number of carbonyl (C=O) groups excluding carboxylic acids is 2. The molecule has 3 heterocycles. The van der Waals surface area contributed by atoms with E-state index >= 15 is 0 Å². The summed E-state index contributed by atoms with van der Waals surface area (Å²) in [4.78, 5) is 27.0. The van der Waals surface area contributed by atoms with Crippen LogP contribution in [-0.2, 0) is 19.1 Å². The van der Waals surface area contributed by atoms with Gasteiger partial charge in [-0.05, 0) is 25.7 Å². The molecule has 9 rings (SSSR count). The molecular formula is C24H29NO5. The fraction of sp³-hybridized carbons (Fsp3) is 0.750. The lowest BCUT2D eigenvalue weighted by Gasteiger charge is -2.66. The molecule has 12 atom stereocenters. The van der Waals surface area contributed by atoms with Gasteiger partial charge in [-0.1, -0.05) is 30.7 Å². The first-order chi connectivity index (χ1) is 14.1. The Morgan fingerprint density at radius 3 is 2.63 bits per heavy atom. The lowest BCUT2D eigenvalue weighted by Crippen LogP contribution is -2.76. The molecule has 8 unspecified atom stereocenters. The van der Waals surface area contributed by atoms with Crippen LogP contribution in [0.15, 0.2) is 23.8 Å². The van der Waals surface area contributed by atoms with Gasteiger partial charge in [-0.3, -0.25) is 14.5 Å². The van der Waals surface area contributed by atoms with Crippen LogP contribution in [0.1, 0.15) is 40.5 Å². The summed E-state index contributed by atoms with van der Waals surface area (Å²) in [6.07, 6.45) is 7.69.